The van der Waals surface area contributed by atoms with Gasteiger partial charge in [0.05, 0.1) is 0 Å². The Morgan fingerprint density at radius 3 is 1.57 bits per heavy atom. The minimum atomic E-state index is -1.97. The van der Waals surface area contributed by atoms with Crippen molar-refractivity contribution in [3.05, 3.63) is 46.6 Å². The van der Waals surface area contributed by atoms with E-state index in [0.717, 1.165) is 16.9 Å². The Labute approximate surface area is 167 Å². The van der Waals surface area contributed by atoms with E-state index in [2.05, 4.69) is 58.0 Å². The maximum absolute atomic E-state index is 6.09. The molecule has 0 heterocycles. The van der Waals surface area contributed by atoms with Crippen LogP contribution < -0.4 is 0 Å². The predicted molar refractivity (Wildman–Crippen MR) is 112 cm³/mol. The maximum Gasteiger partial charge on any atom is 4.00 e. The second-order valence-electron chi connectivity index (χ2n) is 6.32. The molecule has 8 heteroatoms. The van der Waals surface area contributed by atoms with E-state index in [-0.39, 0.29) is 43.3 Å². The minimum Gasteiger partial charge on any atom is -0.445 e. The summed E-state index contributed by atoms with van der Waals surface area (Å²) in [5.74, 6) is 0. The summed E-state index contributed by atoms with van der Waals surface area (Å²) in [5.41, 5.74) is 0. The first-order valence-corrected chi connectivity index (χ1v) is 16.5. The fraction of sp³-hybridized carbons (Fsp3) is 0.533. The van der Waals surface area contributed by atoms with E-state index in [1.165, 1.54) is 0 Å². The Morgan fingerprint density at radius 1 is 0.870 bits per heavy atom. The molecule has 0 radical (unpaired) electrons. The zero-order valence-corrected chi connectivity index (χ0v) is 24.3. The number of hydrogen-bond acceptors (Lipinski definition) is 3. The third-order valence-electron chi connectivity index (χ3n) is 2.12. The smallest absolute Gasteiger partial charge is 0.445 e. The second-order valence-corrected chi connectivity index (χ2v) is 19.4. The van der Waals surface area contributed by atoms with Crippen molar-refractivity contribution in [1.82, 2.24) is 0 Å². The van der Waals surface area contributed by atoms with Gasteiger partial charge in [0.1, 0.15) is 10.5 Å². The molecule has 0 bridgehead atoms. The fourth-order valence-electron chi connectivity index (χ4n) is 1.73. The molecule has 1 aliphatic rings. The Bertz CT molecular complexity index is 317. The molecule has 0 aromatic heterocycles. The number of hydrogen-bond donors (Lipinski definition) is 0. The van der Waals surface area contributed by atoms with Crippen molar-refractivity contribution >= 4 is 35.9 Å². The van der Waals surface area contributed by atoms with Crippen LogP contribution >= 0.6 is 0 Å². The molecule has 0 aromatic carbocycles. The zero-order valence-electron chi connectivity index (χ0n) is 17.0. The van der Waals surface area contributed by atoms with Gasteiger partial charge >= 0.3 is 38.2 Å². The molecule has 0 spiro atoms. The molecular formula is C15H38O3PtSi4. The van der Waals surface area contributed by atoms with Crippen molar-refractivity contribution in [2.45, 2.75) is 52.2 Å². The molecule has 0 fully saturated rings. The van der Waals surface area contributed by atoms with E-state index in [4.69, 9.17) is 12.3 Å². The van der Waals surface area contributed by atoms with Crippen molar-refractivity contribution in [1.29, 1.82) is 0 Å². The van der Waals surface area contributed by atoms with Crippen molar-refractivity contribution in [3.63, 3.8) is 0 Å². The predicted octanol–water partition coefficient (Wildman–Crippen LogP) is 4.21. The van der Waals surface area contributed by atoms with E-state index in [1.807, 2.05) is 12.2 Å². The van der Waals surface area contributed by atoms with Crippen LogP contribution in [0.4, 0.5) is 0 Å². The molecular weight excluding hydrogens is 536 g/mol. The normalized spacial score (nSPS) is 12.8. The maximum atomic E-state index is 6.09. The summed E-state index contributed by atoms with van der Waals surface area (Å²) < 4.78 is 17.7. The van der Waals surface area contributed by atoms with Gasteiger partial charge in [-0.3, -0.25) is 6.08 Å². The van der Waals surface area contributed by atoms with Gasteiger partial charge in [-0.1, -0.05) is 0 Å². The molecule has 0 aromatic rings. The van der Waals surface area contributed by atoms with Crippen LogP contribution in [0.1, 0.15) is 6.42 Å². The van der Waals surface area contributed by atoms with Crippen molar-refractivity contribution in [3.8, 4) is 0 Å². The summed E-state index contributed by atoms with van der Waals surface area (Å²) in [6, 6.07) is 0. The van der Waals surface area contributed by atoms with Crippen LogP contribution in [0.2, 0.25) is 45.8 Å². The van der Waals surface area contributed by atoms with E-state index in [1.54, 1.807) is 0 Å². The Morgan fingerprint density at radius 2 is 1.35 bits per heavy atom. The molecule has 0 saturated heterocycles. The SMILES string of the molecule is C[Si](C)(C)O[Si](C)(C)O[Si](C)(C)O[SiH3].[C-]1=CC=CC1.[CH3-].[CH3-].[CH3-].[Pt+4]. The van der Waals surface area contributed by atoms with E-state index < -0.39 is 25.4 Å². The van der Waals surface area contributed by atoms with Crippen LogP contribution in [0.25, 0.3) is 0 Å². The van der Waals surface area contributed by atoms with Gasteiger partial charge in [-0.15, -0.1) is 6.42 Å². The molecule has 0 amide bonds. The second kappa shape index (κ2) is 15.2. The first-order chi connectivity index (χ1) is 8.47. The topological polar surface area (TPSA) is 27.7 Å². The van der Waals surface area contributed by atoms with Crippen molar-refractivity contribution in [2.75, 3.05) is 0 Å². The van der Waals surface area contributed by atoms with Crippen LogP contribution in [0.3, 0.4) is 0 Å². The molecule has 1 rings (SSSR count). The first kappa shape index (κ1) is 35.1. The average molecular weight is 574 g/mol. The summed E-state index contributed by atoms with van der Waals surface area (Å²) in [6.07, 6.45) is 10.0. The summed E-state index contributed by atoms with van der Waals surface area (Å²) in [7, 11) is -4.61. The molecule has 0 N–H and O–H groups in total. The van der Waals surface area contributed by atoms with Crippen molar-refractivity contribution in [2.24, 2.45) is 0 Å². The Hall–Kier alpha value is 0.916. The zero-order chi connectivity index (χ0) is 15.2. The van der Waals surface area contributed by atoms with Crippen LogP contribution in [-0.2, 0) is 33.4 Å². The third kappa shape index (κ3) is 22.9. The monoisotopic (exact) mass is 573 g/mol. The largest absolute Gasteiger partial charge is 4.00 e. The number of rotatable bonds is 5. The van der Waals surface area contributed by atoms with Gasteiger partial charge < -0.3 is 34.6 Å². The summed E-state index contributed by atoms with van der Waals surface area (Å²) in [5, 5.41) is 0. The molecule has 1 aliphatic carbocycles. The van der Waals surface area contributed by atoms with Gasteiger partial charge in [0.15, 0.2) is 8.32 Å². The summed E-state index contributed by atoms with van der Waals surface area (Å²) in [6.45, 7) is 15.0. The van der Waals surface area contributed by atoms with Crippen molar-refractivity contribution < 1.29 is 33.4 Å². The van der Waals surface area contributed by atoms with E-state index >= 15 is 0 Å². The van der Waals surface area contributed by atoms with Gasteiger partial charge in [0.2, 0.25) is 0 Å². The van der Waals surface area contributed by atoms with E-state index in [9.17, 15) is 0 Å². The Balaban J connectivity index is -0.000000103. The molecule has 23 heavy (non-hydrogen) atoms. The fourth-order valence-corrected chi connectivity index (χ4v) is 14.0. The minimum absolute atomic E-state index is 0. The molecule has 142 valence electrons. The summed E-state index contributed by atoms with van der Waals surface area (Å²) in [4.78, 5) is 0. The van der Waals surface area contributed by atoms with Gasteiger partial charge in [0.25, 0.3) is 0 Å². The van der Waals surface area contributed by atoms with E-state index in [0.29, 0.717) is 0 Å². The van der Waals surface area contributed by atoms with Crippen LogP contribution in [0, 0.1) is 28.4 Å². The third-order valence-corrected chi connectivity index (χ3v) is 14.4. The molecule has 3 nitrogen and oxygen atoms in total. The van der Waals surface area contributed by atoms with Crippen LogP contribution in [-0.4, -0.2) is 35.9 Å². The van der Waals surface area contributed by atoms with Gasteiger partial charge in [-0.2, -0.15) is 6.08 Å². The Kier molecular flexibility index (Phi) is 23.2. The van der Waals surface area contributed by atoms with Gasteiger partial charge in [-0.25, -0.2) is 12.2 Å². The van der Waals surface area contributed by atoms with Crippen LogP contribution in [0.5, 0.6) is 0 Å². The molecule has 0 atom stereocenters. The van der Waals surface area contributed by atoms with Crippen LogP contribution in [0.15, 0.2) is 18.2 Å². The molecule has 0 unspecified atom stereocenters. The van der Waals surface area contributed by atoms with Gasteiger partial charge in [0, 0.05) is 0 Å². The number of allylic oxidation sites excluding steroid dienone is 4. The standard InChI is InChI=1S/C7H24O3Si4.C5H5.3CH3.Pt/c1-12(2,3)9-14(6,7)10-13(4,5)8-11;1-2-4-5-3-1;;;;/h1-7,11H3;1-3H,4H2;3*1H3;/q;4*-1;+4. The van der Waals surface area contributed by atoms with Gasteiger partial charge in [-0.05, 0) is 45.8 Å². The summed E-state index contributed by atoms with van der Waals surface area (Å²) >= 11 is 0. The molecule has 0 aliphatic heterocycles. The molecule has 0 saturated carbocycles. The average Bonchev–Trinajstić information content (AvgIpc) is 2.69. The quantitative estimate of drug-likeness (QED) is 0.364. The first-order valence-electron chi connectivity index (χ1n) is 6.65.